The second-order valence-corrected chi connectivity index (χ2v) is 4.70. The molecule has 0 spiro atoms. The third-order valence-corrected chi connectivity index (χ3v) is 3.20. The van der Waals surface area contributed by atoms with Gasteiger partial charge < -0.3 is 9.15 Å². The van der Waals surface area contributed by atoms with Crippen LogP contribution in [0.1, 0.15) is 5.56 Å². The quantitative estimate of drug-likeness (QED) is 0.678. The van der Waals surface area contributed by atoms with Crippen LogP contribution in [0.4, 0.5) is 4.39 Å². The Morgan fingerprint density at radius 2 is 2.10 bits per heavy atom. The number of nitrogens with zero attached hydrogens (tertiary/aromatic N) is 2. The summed E-state index contributed by atoms with van der Waals surface area (Å²) < 4.78 is 24.1. The van der Waals surface area contributed by atoms with E-state index >= 15 is 0 Å². The van der Waals surface area contributed by atoms with Crippen molar-refractivity contribution in [1.29, 1.82) is 0 Å². The zero-order valence-corrected chi connectivity index (χ0v) is 11.5. The highest BCUT2D eigenvalue weighted by Gasteiger charge is 2.11. The summed E-state index contributed by atoms with van der Waals surface area (Å²) in [6.07, 6.45) is 2.48. The first-order valence-electron chi connectivity index (χ1n) is 5.60. The number of hydrogen-bond donors (Lipinski definition) is 0. The van der Waals surface area contributed by atoms with Gasteiger partial charge in [-0.25, -0.2) is 4.98 Å². The van der Waals surface area contributed by atoms with Crippen molar-refractivity contribution in [1.82, 2.24) is 9.97 Å². The lowest BCUT2D eigenvalue weighted by molar-refractivity contribution is 0.276. The summed E-state index contributed by atoms with van der Waals surface area (Å²) in [4.78, 5) is 7.18. The van der Waals surface area contributed by atoms with E-state index in [0.29, 0.717) is 10.6 Å². The minimum Gasteiger partial charge on any atom is -0.470 e. The summed E-state index contributed by atoms with van der Waals surface area (Å²) in [5.74, 6) is -0.890. The zero-order chi connectivity index (χ0) is 14.1. The first kappa shape index (κ1) is 13.1. The van der Waals surface area contributed by atoms with Crippen LogP contribution in [0.2, 0.25) is 10.3 Å². The SMILES string of the molecule is Fc1cnc(Cl)nc1OCc1ccc(Cl)c2ccoc12. The second-order valence-electron chi connectivity index (χ2n) is 3.95. The number of hydrogen-bond acceptors (Lipinski definition) is 4. The van der Waals surface area contributed by atoms with Gasteiger partial charge in [-0.15, -0.1) is 0 Å². The lowest BCUT2D eigenvalue weighted by atomic mass is 10.1. The van der Waals surface area contributed by atoms with Gasteiger partial charge in [-0.05, 0) is 23.7 Å². The van der Waals surface area contributed by atoms with E-state index in [1.54, 1.807) is 18.2 Å². The number of rotatable bonds is 3. The zero-order valence-electron chi connectivity index (χ0n) is 9.94. The van der Waals surface area contributed by atoms with Crippen molar-refractivity contribution in [3.8, 4) is 5.88 Å². The van der Waals surface area contributed by atoms with Crippen molar-refractivity contribution in [2.24, 2.45) is 0 Å². The largest absolute Gasteiger partial charge is 0.470 e. The van der Waals surface area contributed by atoms with E-state index in [9.17, 15) is 4.39 Å². The summed E-state index contributed by atoms with van der Waals surface area (Å²) in [6, 6.07) is 5.22. The third-order valence-electron chi connectivity index (χ3n) is 2.69. The van der Waals surface area contributed by atoms with Crippen molar-refractivity contribution in [2.75, 3.05) is 0 Å². The number of fused-ring (bicyclic) bond motifs is 1. The molecular weight excluding hydrogens is 306 g/mol. The molecule has 0 aliphatic rings. The van der Waals surface area contributed by atoms with Crippen LogP contribution in [0.15, 0.2) is 35.1 Å². The molecular formula is C13H7Cl2FN2O2. The van der Waals surface area contributed by atoms with Gasteiger partial charge in [0.25, 0.3) is 5.88 Å². The molecule has 20 heavy (non-hydrogen) atoms. The predicted octanol–water partition coefficient (Wildman–Crippen LogP) is 4.25. The van der Waals surface area contributed by atoms with Crippen molar-refractivity contribution < 1.29 is 13.5 Å². The van der Waals surface area contributed by atoms with Gasteiger partial charge in [0, 0.05) is 10.9 Å². The Balaban J connectivity index is 1.89. The Labute approximate surface area is 123 Å². The fourth-order valence-corrected chi connectivity index (χ4v) is 2.11. The summed E-state index contributed by atoms with van der Waals surface area (Å²) in [5.41, 5.74) is 1.32. The van der Waals surface area contributed by atoms with E-state index in [1.807, 2.05) is 0 Å². The van der Waals surface area contributed by atoms with Gasteiger partial charge in [0.2, 0.25) is 11.1 Å². The summed E-state index contributed by atoms with van der Waals surface area (Å²) in [7, 11) is 0. The molecule has 4 nitrogen and oxygen atoms in total. The van der Waals surface area contributed by atoms with E-state index in [0.717, 1.165) is 17.1 Å². The molecule has 0 aliphatic heterocycles. The highest BCUT2D eigenvalue weighted by atomic mass is 35.5. The number of benzene rings is 1. The van der Waals surface area contributed by atoms with Crippen LogP contribution in [0, 0.1) is 5.82 Å². The molecule has 0 radical (unpaired) electrons. The van der Waals surface area contributed by atoms with Gasteiger partial charge in [-0.3, -0.25) is 0 Å². The Morgan fingerprint density at radius 3 is 2.95 bits per heavy atom. The Kier molecular flexibility index (Phi) is 3.46. The topological polar surface area (TPSA) is 48.2 Å². The standard InChI is InChI=1S/C13H7Cl2FN2O2/c14-9-2-1-7(11-8(9)3-4-19-11)6-20-12-10(16)5-17-13(15)18-12/h1-5H,6H2. The van der Waals surface area contributed by atoms with Crippen LogP contribution < -0.4 is 4.74 Å². The molecule has 0 amide bonds. The molecule has 3 rings (SSSR count). The Hall–Kier alpha value is -1.85. The lowest BCUT2D eigenvalue weighted by Gasteiger charge is -2.07. The summed E-state index contributed by atoms with van der Waals surface area (Å²) >= 11 is 11.6. The van der Waals surface area contributed by atoms with E-state index in [1.165, 1.54) is 6.26 Å². The van der Waals surface area contributed by atoms with Crippen LogP contribution in [0.5, 0.6) is 5.88 Å². The molecule has 7 heteroatoms. The van der Waals surface area contributed by atoms with Crippen molar-refractivity contribution >= 4 is 34.2 Å². The second kappa shape index (κ2) is 5.26. The van der Waals surface area contributed by atoms with Gasteiger partial charge in [-0.2, -0.15) is 9.37 Å². The van der Waals surface area contributed by atoms with E-state index in [-0.39, 0.29) is 17.8 Å². The summed E-state index contributed by atoms with van der Waals surface area (Å²) in [6.45, 7) is 0.0748. The first-order valence-corrected chi connectivity index (χ1v) is 6.36. The fourth-order valence-electron chi connectivity index (χ4n) is 1.78. The van der Waals surface area contributed by atoms with Crippen molar-refractivity contribution in [3.63, 3.8) is 0 Å². The first-order chi connectivity index (χ1) is 9.65. The maximum atomic E-state index is 13.4. The lowest BCUT2D eigenvalue weighted by Crippen LogP contribution is -2.01. The van der Waals surface area contributed by atoms with Gasteiger partial charge in [0.1, 0.15) is 12.2 Å². The molecule has 0 atom stereocenters. The van der Waals surface area contributed by atoms with Crippen LogP contribution in [0.3, 0.4) is 0 Å². The smallest absolute Gasteiger partial charge is 0.255 e. The highest BCUT2D eigenvalue weighted by Crippen LogP contribution is 2.28. The number of furan rings is 1. The molecule has 0 bridgehead atoms. The monoisotopic (exact) mass is 312 g/mol. The van der Waals surface area contributed by atoms with Crippen LogP contribution in [-0.4, -0.2) is 9.97 Å². The normalized spacial score (nSPS) is 10.9. The molecule has 1 aromatic carbocycles. The van der Waals surface area contributed by atoms with Crippen LogP contribution in [0.25, 0.3) is 11.0 Å². The molecule has 0 fully saturated rings. The maximum absolute atomic E-state index is 13.4. The van der Waals surface area contributed by atoms with Gasteiger partial charge in [-0.1, -0.05) is 17.7 Å². The van der Waals surface area contributed by atoms with E-state index in [2.05, 4.69) is 9.97 Å². The minimum atomic E-state index is -0.681. The van der Waals surface area contributed by atoms with Gasteiger partial charge in [0.05, 0.1) is 17.5 Å². The van der Waals surface area contributed by atoms with Crippen molar-refractivity contribution in [2.45, 2.75) is 6.61 Å². The number of halogens is 3. The van der Waals surface area contributed by atoms with E-state index in [4.69, 9.17) is 32.4 Å². The minimum absolute atomic E-state index is 0.0748. The predicted molar refractivity (Wildman–Crippen MR) is 72.6 cm³/mol. The van der Waals surface area contributed by atoms with Crippen LogP contribution >= 0.6 is 23.2 Å². The molecule has 0 unspecified atom stereocenters. The number of ether oxygens (including phenoxy) is 1. The maximum Gasteiger partial charge on any atom is 0.255 e. The summed E-state index contributed by atoms with van der Waals surface area (Å²) in [5, 5.41) is 1.27. The Morgan fingerprint density at radius 1 is 1.25 bits per heavy atom. The van der Waals surface area contributed by atoms with Crippen molar-refractivity contribution in [3.05, 3.63) is 52.3 Å². The molecule has 2 aromatic heterocycles. The highest BCUT2D eigenvalue weighted by molar-refractivity contribution is 6.35. The molecule has 0 N–H and O–H groups in total. The molecule has 2 heterocycles. The average Bonchev–Trinajstić information content (AvgIpc) is 2.92. The van der Waals surface area contributed by atoms with Gasteiger partial charge in [0.15, 0.2) is 0 Å². The average molecular weight is 313 g/mol. The molecule has 0 saturated carbocycles. The molecule has 102 valence electrons. The van der Waals surface area contributed by atoms with E-state index < -0.39 is 5.82 Å². The third kappa shape index (κ3) is 2.42. The molecule has 0 aliphatic carbocycles. The fraction of sp³-hybridized carbons (Fsp3) is 0.0769. The van der Waals surface area contributed by atoms with Gasteiger partial charge >= 0.3 is 0 Å². The number of aromatic nitrogens is 2. The molecule has 0 saturated heterocycles. The Bertz CT molecular complexity index is 776. The molecule has 3 aromatic rings. The van der Waals surface area contributed by atoms with Crippen LogP contribution in [-0.2, 0) is 6.61 Å².